The molecule has 0 unspecified atom stereocenters. The van der Waals surface area contributed by atoms with Gasteiger partial charge in [-0.05, 0) is 6.90 Å². The predicted octanol–water partition coefficient (Wildman–Crippen LogP) is 1.05. The number of ether oxygens (including phenoxy) is 1. The number of hydrogen-bond acceptors (Lipinski definition) is 2. The van der Waals surface area contributed by atoms with Gasteiger partial charge in [0.1, 0.15) is 0 Å². The highest BCUT2D eigenvalue weighted by Gasteiger charge is 1.93. The van der Waals surface area contributed by atoms with Crippen LogP contribution >= 0.6 is 0 Å². The van der Waals surface area contributed by atoms with E-state index in [9.17, 15) is 4.79 Å². The van der Waals surface area contributed by atoms with Gasteiger partial charge in [-0.2, -0.15) is 0 Å². The average Bonchev–Trinajstić information content (AvgIpc) is 1.96. The zero-order valence-corrected chi connectivity index (χ0v) is 5.75. The molecule has 0 aromatic rings. The monoisotopic (exact) mass is 145 g/mol. The predicted molar refractivity (Wildman–Crippen MR) is 37.9 cm³/mol. The second-order valence-corrected chi connectivity index (χ2v) is 1.69. The first-order chi connectivity index (χ1) is 5.27. The molecule has 0 fully saturated rings. The lowest BCUT2D eigenvalue weighted by molar-refractivity contribution is -0.138. The van der Waals surface area contributed by atoms with Crippen LogP contribution in [-0.4, -0.2) is 24.3 Å². The van der Waals surface area contributed by atoms with E-state index in [-0.39, 0.29) is 19.9 Å². The van der Waals surface area contributed by atoms with Crippen LogP contribution in [0.5, 0.6) is 0 Å². The number of aliphatic carboxylic acids is 1. The van der Waals surface area contributed by atoms with Crippen LogP contribution in [0.15, 0.2) is 12.2 Å². The van der Waals surface area contributed by atoms with Gasteiger partial charge in [0.15, 0.2) is 0 Å². The first-order valence-corrected chi connectivity index (χ1v) is 3.01. The van der Waals surface area contributed by atoms with Crippen molar-refractivity contribution in [1.82, 2.24) is 0 Å². The molecule has 0 spiro atoms. The summed E-state index contributed by atoms with van der Waals surface area (Å²) in [7, 11) is 0. The fourth-order valence-corrected chi connectivity index (χ4v) is 0.379. The Kier molecular flexibility index (Phi) is 4.58. The van der Waals surface area contributed by atoms with E-state index in [4.69, 9.17) is 11.2 Å². The molecule has 0 radical (unpaired) electrons. The molecule has 0 rings (SSSR count). The maximum Gasteiger partial charge on any atom is 0.305 e. The fraction of sp³-hybridized carbons (Fsp3) is 0.571. The molecule has 3 nitrogen and oxygen atoms in total. The van der Waals surface area contributed by atoms with Crippen LogP contribution in [0.2, 0.25) is 0 Å². The second kappa shape index (κ2) is 6.29. The highest BCUT2D eigenvalue weighted by atomic mass is 16.5. The quantitative estimate of drug-likeness (QED) is 0.464. The van der Waals surface area contributed by atoms with Crippen LogP contribution < -0.4 is 0 Å². The van der Waals surface area contributed by atoms with E-state index >= 15 is 0 Å². The average molecular weight is 145 g/mol. The van der Waals surface area contributed by atoms with Crippen molar-refractivity contribution in [3.05, 3.63) is 12.2 Å². The Bertz CT molecular complexity index is 134. The lowest BCUT2D eigenvalue weighted by atomic mass is 10.5. The molecule has 0 aliphatic rings. The normalized spacial score (nSPS) is 11.8. The van der Waals surface area contributed by atoms with Crippen LogP contribution in [0.3, 0.4) is 0 Å². The van der Waals surface area contributed by atoms with Gasteiger partial charge in [-0.1, -0.05) is 12.2 Å². The van der Waals surface area contributed by atoms with Gasteiger partial charge in [0, 0.05) is 1.37 Å². The standard InChI is InChI=1S/C7H12O3/c1-2-3-5-10-6-4-7(8)9/h2-3H,4-6H2,1H3,(H,8,9)/b3-2+/i1D. The SMILES string of the molecule is [2H]C/C=C/COCCC(=O)O. The molecule has 0 bridgehead atoms. The third kappa shape index (κ3) is 7.17. The number of allylic oxidation sites excluding steroid dienone is 1. The summed E-state index contributed by atoms with van der Waals surface area (Å²) in [6.45, 7) is 0.867. The lowest BCUT2D eigenvalue weighted by Gasteiger charge is -1.95. The number of rotatable bonds is 5. The molecule has 0 heterocycles. The summed E-state index contributed by atoms with van der Waals surface area (Å²) in [6, 6.07) is 0. The van der Waals surface area contributed by atoms with Gasteiger partial charge in [-0.3, -0.25) is 4.79 Å². The van der Waals surface area contributed by atoms with E-state index in [1.165, 1.54) is 0 Å². The zero-order chi connectivity index (χ0) is 8.53. The number of carbonyl (C=O) groups is 1. The van der Waals surface area contributed by atoms with Crippen molar-refractivity contribution in [1.29, 1.82) is 0 Å². The van der Waals surface area contributed by atoms with Crippen molar-refractivity contribution in [3.8, 4) is 0 Å². The summed E-state index contributed by atoms with van der Waals surface area (Å²) in [5, 5.41) is 8.19. The van der Waals surface area contributed by atoms with Crippen molar-refractivity contribution in [3.63, 3.8) is 0 Å². The topological polar surface area (TPSA) is 46.5 Å². The summed E-state index contributed by atoms with van der Waals surface area (Å²) < 4.78 is 11.6. The summed E-state index contributed by atoms with van der Waals surface area (Å²) in [5.41, 5.74) is 0. The van der Waals surface area contributed by atoms with E-state index in [0.29, 0.717) is 6.61 Å². The van der Waals surface area contributed by atoms with Crippen LogP contribution in [0, 0.1) is 0 Å². The van der Waals surface area contributed by atoms with Gasteiger partial charge in [0.05, 0.1) is 19.6 Å². The van der Waals surface area contributed by atoms with Crippen LogP contribution in [0.1, 0.15) is 14.7 Å². The molecule has 0 aliphatic heterocycles. The highest BCUT2D eigenvalue weighted by Crippen LogP contribution is 1.82. The van der Waals surface area contributed by atoms with Crippen molar-refractivity contribution in [2.24, 2.45) is 0 Å². The Morgan fingerprint density at radius 2 is 2.70 bits per heavy atom. The minimum absolute atomic E-state index is 0.0364. The molecule has 0 aromatic heterocycles. The van der Waals surface area contributed by atoms with Crippen molar-refractivity contribution < 1.29 is 16.0 Å². The molecule has 0 aliphatic carbocycles. The molecule has 0 amide bonds. The van der Waals surface area contributed by atoms with Crippen LogP contribution in [0.25, 0.3) is 0 Å². The molecular weight excluding hydrogens is 132 g/mol. The fourth-order valence-electron chi connectivity index (χ4n) is 0.379. The van der Waals surface area contributed by atoms with E-state index < -0.39 is 5.97 Å². The minimum atomic E-state index is -0.852. The number of hydrogen-bond donors (Lipinski definition) is 1. The first kappa shape index (κ1) is 7.28. The zero-order valence-electron chi connectivity index (χ0n) is 6.75. The van der Waals surface area contributed by atoms with E-state index in [2.05, 4.69) is 0 Å². The van der Waals surface area contributed by atoms with E-state index in [1.807, 2.05) is 0 Å². The van der Waals surface area contributed by atoms with Gasteiger partial charge in [0.25, 0.3) is 0 Å². The molecule has 0 saturated carbocycles. The molecule has 10 heavy (non-hydrogen) atoms. The summed E-state index contributed by atoms with van der Waals surface area (Å²) in [5.74, 6) is -0.852. The number of carboxylic acids is 1. The van der Waals surface area contributed by atoms with Gasteiger partial charge in [-0.15, -0.1) is 0 Å². The van der Waals surface area contributed by atoms with Gasteiger partial charge < -0.3 is 9.84 Å². The van der Waals surface area contributed by atoms with Crippen molar-refractivity contribution in [2.45, 2.75) is 13.3 Å². The molecular formula is C7H12O3. The van der Waals surface area contributed by atoms with Gasteiger partial charge in [0.2, 0.25) is 0 Å². The number of carboxylic acid groups (broad SMARTS) is 1. The largest absolute Gasteiger partial charge is 0.481 e. The summed E-state index contributed by atoms with van der Waals surface area (Å²) >= 11 is 0. The Balaban J connectivity index is 3.02. The van der Waals surface area contributed by atoms with Crippen LogP contribution in [0.4, 0.5) is 0 Å². The molecule has 0 saturated heterocycles. The molecule has 58 valence electrons. The molecule has 0 atom stereocenters. The summed E-state index contributed by atoms with van der Waals surface area (Å²) in [4.78, 5) is 9.96. The van der Waals surface area contributed by atoms with Gasteiger partial charge in [-0.25, -0.2) is 0 Å². The highest BCUT2D eigenvalue weighted by molar-refractivity contribution is 5.66. The first-order valence-electron chi connectivity index (χ1n) is 3.72. The molecule has 3 heteroatoms. The third-order valence-corrected chi connectivity index (χ3v) is 0.841. The minimum Gasteiger partial charge on any atom is -0.481 e. The second-order valence-electron chi connectivity index (χ2n) is 1.69. The Labute approximate surface area is 61.7 Å². The summed E-state index contributed by atoms with van der Waals surface area (Å²) in [6.07, 6.45) is 3.39. The lowest BCUT2D eigenvalue weighted by Crippen LogP contribution is -2.02. The molecule has 0 aromatic carbocycles. The van der Waals surface area contributed by atoms with Gasteiger partial charge >= 0.3 is 5.97 Å². The Morgan fingerprint density at radius 3 is 3.30 bits per heavy atom. The maximum absolute atomic E-state index is 9.96. The molecule has 1 N–H and O–H groups in total. The smallest absolute Gasteiger partial charge is 0.305 e. The Morgan fingerprint density at radius 1 is 1.90 bits per heavy atom. The van der Waals surface area contributed by atoms with E-state index in [1.54, 1.807) is 12.2 Å². The Hall–Kier alpha value is -0.830. The van der Waals surface area contributed by atoms with Crippen molar-refractivity contribution >= 4 is 5.97 Å². The van der Waals surface area contributed by atoms with E-state index in [0.717, 1.165) is 0 Å². The third-order valence-electron chi connectivity index (χ3n) is 0.841. The van der Waals surface area contributed by atoms with Crippen molar-refractivity contribution in [2.75, 3.05) is 13.2 Å². The van der Waals surface area contributed by atoms with Crippen LogP contribution in [-0.2, 0) is 9.53 Å². The maximum atomic E-state index is 9.96.